The molecule has 0 amide bonds. The van der Waals surface area contributed by atoms with Gasteiger partial charge in [0, 0.05) is 11.1 Å². The molecule has 1 unspecified atom stereocenters. The molecule has 0 bridgehead atoms. The molecule has 1 heterocycles. The van der Waals surface area contributed by atoms with Gasteiger partial charge in [0.1, 0.15) is 0 Å². The number of rotatable bonds is 5. The van der Waals surface area contributed by atoms with Gasteiger partial charge in [-0.25, -0.2) is 0 Å². The van der Waals surface area contributed by atoms with Crippen LogP contribution in [0.3, 0.4) is 0 Å². The molecule has 90 valence electrons. The standard InChI is InChI=1S/C13H15ClN2O/c14-12-3-1-10(2-4-12)7-13(16-15)8-11-5-6-17-9-11/h1-6,9,13,16H,7-8,15H2. The van der Waals surface area contributed by atoms with E-state index in [1.165, 1.54) is 5.56 Å². The summed E-state index contributed by atoms with van der Waals surface area (Å²) in [6.45, 7) is 0. The highest BCUT2D eigenvalue weighted by atomic mass is 35.5. The second kappa shape index (κ2) is 5.87. The molecule has 0 aliphatic heterocycles. The molecule has 2 rings (SSSR count). The van der Waals surface area contributed by atoms with Gasteiger partial charge in [0.25, 0.3) is 0 Å². The van der Waals surface area contributed by atoms with E-state index in [4.69, 9.17) is 21.9 Å². The molecule has 3 N–H and O–H groups in total. The molecule has 0 saturated carbocycles. The van der Waals surface area contributed by atoms with Crippen molar-refractivity contribution in [3.63, 3.8) is 0 Å². The van der Waals surface area contributed by atoms with Crippen LogP contribution in [0.5, 0.6) is 0 Å². The normalized spacial score (nSPS) is 12.6. The third-order valence-electron chi connectivity index (χ3n) is 2.69. The molecule has 1 aromatic carbocycles. The summed E-state index contributed by atoms with van der Waals surface area (Å²) in [7, 11) is 0. The number of hydrogen-bond acceptors (Lipinski definition) is 3. The Hall–Kier alpha value is -1.29. The molecule has 0 fully saturated rings. The number of hydrazine groups is 1. The third kappa shape index (κ3) is 3.60. The van der Waals surface area contributed by atoms with Crippen molar-refractivity contribution in [3.8, 4) is 0 Å². The summed E-state index contributed by atoms with van der Waals surface area (Å²) >= 11 is 5.84. The van der Waals surface area contributed by atoms with Crippen LogP contribution in [0.15, 0.2) is 47.3 Å². The van der Waals surface area contributed by atoms with Crippen LogP contribution in [-0.4, -0.2) is 6.04 Å². The zero-order valence-electron chi connectivity index (χ0n) is 9.40. The van der Waals surface area contributed by atoms with Gasteiger partial charge in [-0.2, -0.15) is 0 Å². The molecule has 3 nitrogen and oxygen atoms in total. The van der Waals surface area contributed by atoms with Crippen molar-refractivity contribution in [1.29, 1.82) is 0 Å². The smallest absolute Gasteiger partial charge is 0.0935 e. The fourth-order valence-corrected chi connectivity index (χ4v) is 1.91. The first-order valence-electron chi connectivity index (χ1n) is 5.49. The Morgan fingerprint density at radius 3 is 2.41 bits per heavy atom. The van der Waals surface area contributed by atoms with Gasteiger partial charge in [-0.15, -0.1) is 0 Å². The fourth-order valence-electron chi connectivity index (χ4n) is 1.79. The summed E-state index contributed by atoms with van der Waals surface area (Å²) < 4.78 is 5.04. The molecule has 2 aromatic rings. The van der Waals surface area contributed by atoms with Gasteiger partial charge in [-0.05, 0) is 42.2 Å². The van der Waals surface area contributed by atoms with Gasteiger partial charge in [-0.3, -0.25) is 11.3 Å². The minimum absolute atomic E-state index is 0.189. The van der Waals surface area contributed by atoms with Crippen LogP contribution in [0.4, 0.5) is 0 Å². The van der Waals surface area contributed by atoms with E-state index >= 15 is 0 Å². The highest BCUT2D eigenvalue weighted by Crippen LogP contribution is 2.13. The maximum absolute atomic E-state index is 5.84. The van der Waals surface area contributed by atoms with Crippen LogP contribution < -0.4 is 11.3 Å². The number of nitrogens with two attached hydrogens (primary N) is 1. The van der Waals surface area contributed by atoms with Gasteiger partial charge in [0.15, 0.2) is 0 Å². The molecular weight excluding hydrogens is 236 g/mol. The molecule has 1 aromatic heterocycles. The van der Waals surface area contributed by atoms with E-state index in [1.54, 1.807) is 12.5 Å². The molecule has 0 aliphatic rings. The number of hydrogen-bond donors (Lipinski definition) is 2. The molecule has 1 atom stereocenters. The van der Waals surface area contributed by atoms with E-state index in [0.29, 0.717) is 0 Å². The average molecular weight is 251 g/mol. The lowest BCUT2D eigenvalue weighted by molar-refractivity contribution is 0.514. The van der Waals surface area contributed by atoms with Crippen LogP contribution >= 0.6 is 11.6 Å². The van der Waals surface area contributed by atoms with Gasteiger partial charge in [0.2, 0.25) is 0 Å². The zero-order chi connectivity index (χ0) is 12.1. The van der Waals surface area contributed by atoms with Crippen LogP contribution in [0, 0.1) is 0 Å². The molecule has 0 aliphatic carbocycles. The highest BCUT2D eigenvalue weighted by molar-refractivity contribution is 6.30. The Bertz CT molecular complexity index is 439. The Morgan fingerprint density at radius 1 is 1.12 bits per heavy atom. The summed E-state index contributed by atoms with van der Waals surface area (Å²) in [5.74, 6) is 5.56. The maximum Gasteiger partial charge on any atom is 0.0935 e. The van der Waals surface area contributed by atoms with Crippen molar-refractivity contribution in [2.24, 2.45) is 5.84 Å². The maximum atomic E-state index is 5.84. The van der Waals surface area contributed by atoms with Crippen LogP contribution in [0.25, 0.3) is 0 Å². The highest BCUT2D eigenvalue weighted by Gasteiger charge is 2.09. The van der Waals surface area contributed by atoms with E-state index in [1.807, 2.05) is 30.3 Å². The van der Waals surface area contributed by atoms with E-state index in [9.17, 15) is 0 Å². The largest absolute Gasteiger partial charge is 0.472 e. The van der Waals surface area contributed by atoms with Crippen molar-refractivity contribution in [2.75, 3.05) is 0 Å². The number of furan rings is 1. The molecule has 0 saturated heterocycles. The third-order valence-corrected chi connectivity index (χ3v) is 2.95. The van der Waals surface area contributed by atoms with Crippen molar-refractivity contribution in [1.82, 2.24) is 5.43 Å². The van der Waals surface area contributed by atoms with E-state index in [-0.39, 0.29) is 6.04 Å². The Morgan fingerprint density at radius 2 is 1.82 bits per heavy atom. The second-order valence-electron chi connectivity index (χ2n) is 4.03. The fraction of sp³-hybridized carbons (Fsp3) is 0.231. The lowest BCUT2D eigenvalue weighted by Crippen LogP contribution is -2.38. The Balaban J connectivity index is 1.97. The summed E-state index contributed by atoms with van der Waals surface area (Å²) in [6, 6.07) is 9.95. The first-order valence-corrected chi connectivity index (χ1v) is 5.87. The summed E-state index contributed by atoms with van der Waals surface area (Å²) in [5.41, 5.74) is 5.18. The van der Waals surface area contributed by atoms with Gasteiger partial charge < -0.3 is 4.42 Å². The lowest BCUT2D eigenvalue weighted by Gasteiger charge is -2.14. The first-order chi connectivity index (χ1) is 8.28. The minimum atomic E-state index is 0.189. The first kappa shape index (κ1) is 12.2. The molecular formula is C13H15ClN2O. The van der Waals surface area contributed by atoms with E-state index in [0.717, 1.165) is 23.4 Å². The summed E-state index contributed by atoms with van der Waals surface area (Å²) in [6.07, 6.45) is 5.12. The zero-order valence-corrected chi connectivity index (χ0v) is 10.2. The Labute approximate surface area is 106 Å². The van der Waals surface area contributed by atoms with Gasteiger partial charge in [0.05, 0.1) is 12.5 Å². The van der Waals surface area contributed by atoms with Crippen molar-refractivity contribution >= 4 is 11.6 Å². The van der Waals surface area contributed by atoms with Crippen molar-refractivity contribution in [2.45, 2.75) is 18.9 Å². The molecule has 17 heavy (non-hydrogen) atoms. The monoisotopic (exact) mass is 250 g/mol. The van der Waals surface area contributed by atoms with E-state index < -0.39 is 0 Å². The lowest BCUT2D eigenvalue weighted by atomic mass is 10.0. The molecule has 0 spiro atoms. The number of halogens is 1. The van der Waals surface area contributed by atoms with E-state index in [2.05, 4.69) is 5.43 Å². The summed E-state index contributed by atoms with van der Waals surface area (Å²) in [4.78, 5) is 0. The molecule has 0 radical (unpaired) electrons. The topological polar surface area (TPSA) is 51.2 Å². The minimum Gasteiger partial charge on any atom is -0.472 e. The second-order valence-corrected chi connectivity index (χ2v) is 4.47. The van der Waals surface area contributed by atoms with Crippen LogP contribution in [0.2, 0.25) is 5.02 Å². The Kier molecular flexibility index (Phi) is 4.20. The quantitative estimate of drug-likeness (QED) is 0.633. The summed E-state index contributed by atoms with van der Waals surface area (Å²) in [5, 5.41) is 0.751. The SMILES string of the molecule is NNC(Cc1ccc(Cl)cc1)Cc1ccoc1. The molecule has 4 heteroatoms. The predicted octanol–water partition coefficient (Wildman–Crippen LogP) is 2.55. The number of benzene rings is 1. The predicted molar refractivity (Wildman–Crippen MR) is 68.7 cm³/mol. The van der Waals surface area contributed by atoms with Crippen molar-refractivity contribution in [3.05, 3.63) is 59.0 Å². The van der Waals surface area contributed by atoms with Gasteiger partial charge in [-0.1, -0.05) is 23.7 Å². The average Bonchev–Trinajstić information content (AvgIpc) is 2.84. The number of nitrogens with one attached hydrogen (secondary N) is 1. The van der Waals surface area contributed by atoms with Crippen molar-refractivity contribution < 1.29 is 4.42 Å². The van der Waals surface area contributed by atoms with Crippen LogP contribution in [0.1, 0.15) is 11.1 Å². The van der Waals surface area contributed by atoms with Gasteiger partial charge >= 0.3 is 0 Å². The van der Waals surface area contributed by atoms with Crippen LogP contribution in [-0.2, 0) is 12.8 Å².